The van der Waals surface area contributed by atoms with E-state index < -0.39 is 0 Å². The Morgan fingerprint density at radius 3 is 2.13 bits per heavy atom. The van der Waals surface area contributed by atoms with Crippen LogP contribution in [0.15, 0.2) is 91.1 Å². The second-order valence-corrected chi connectivity index (χ2v) is 7.50. The molecule has 0 unspecified atom stereocenters. The fourth-order valence-corrected chi connectivity index (χ4v) is 3.54. The lowest BCUT2D eigenvalue weighted by molar-refractivity contribution is -0.130. The highest BCUT2D eigenvalue weighted by Gasteiger charge is 2.18. The van der Waals surface area contributed by atoms with Gasteiger partial charge in [0.1, 0.15) is 0 Å². The van der Waals surface area contributed by atoms with Crippen LogP contribution in [0.25, 0.3) is 16.9 Å². The smallest absolute Gasteiger partial charge is 0.220 e. The molecule has 0 bridgehead atoms. The summed E-state index contributed by atoms with van der Waals surface area (Å²) < 4.78 is 1.85. The lowest BCUT2D eigenvalue weighted by Crippen LogP contribution is -2.27. The van der Waals surface area contributed by atoms with Crippen LogP contribution in [0.1, 0.15) is 23.6 Å². The molecular formula is C26H25N3O2. The van der Waals surface area contributed by atoms with Crippen LogP contribution in [0.3, 0.4) is 0 Å². The molecule has 4 rings (SSSR count). The molecule has 0 fully saturated rings. The lowest BCUT2D eigenvalue weighted by Gasteiger charge is -2.21. The Kier molecular flexibility index (Phi) is 6.24. The Balaban J connectivity index is 1.71. The number of hydrogen-bond donors (Lipinski definition) is 1. The van der Waals surface area contributed by atoms with E-state index in [1.165, 1.54) is 0 Å². The van der Waals surface area contributed by atoms with Crippen molar-refractivity contribution in [3.63, 3.8) is 0 Å². The summed E-state index contributed by atoms with van der Waals surface area (Å²) in [6.45, 7) is 2.59. The molecule has 1 N–H and O–H groups in total. The molecule has 0 atom stereocenters. The summed E-state index contributed by atoms with van der Waals surface area (Å²) in [5.74, 6) is 0.0119. The van der Waals surface area contributed by atoms with E-state index in [1.807, 2.05) is 101 Å². The Morgan fingerprint density at radius 1 is 0.871 bits per heavy atom. The maximum absolute atomic E-state index is 12.4. The maximum Gasteiger partial charge on any atom is 0.220 e. The van der Waals surface area contributed by atoms with Crippen LogP contribution in [0.2, 0.25) is 0 Å². The minimum absolute atomic E-state index is 0.000777. The quantitative estimate of drug-likeness (QED) is 0.484. The number of aliphatic hydroxyl groups is 1. The van der Waals surface area contributed by atoms with Crippen LogP contribution in [0.4, 0.5) is 0 Å². The molecule has 1 aromatic heterocycles. The predicted molar refractivity (Wildman–Crippen MR) is 121 cm³/mol. The van der Waals surface area contributed by atoms with Crippen molar-refractivity contribution < 1.29 is 9.90 Å². The van der Waals surface area contributed by atoms with Crippen molar-refractivity contribution in [2.75, 3.05) is 0 Å². The molecule has 31 heavy (non-hydrogen) atoms. The first-order valence-electron chi connectivity index (χ1n) is 10.3. The highest BCUT2D eigenvalue weighted by atomic mass is 16.3. The first-order chi connectivity index (χ1) is 15.1. The summed E-state index contributed by atoms with van der Waals surface area (Å²) in [6, 6.07) is 27.6. The number of rotatable bonds is 7. The summed E-state index contributed by atoms with van der Waals surface area (Å²) >= 11 is 0. The average Bonchev–Trinajstić information content (AvgIpc) is 3.24. The highest BCUT2D eigenvalue weighted by Crippen LogP contribution is 2.26. The molecule has 0 aliphatic carbocycles. The third kappa shape index (κ3) is 4.90. The third-order valence-electron chi connectivity index (χ3n) is 5.24. The van der Waals surface area contributed by atoms with Gasteiger partial charge in [-0.3, -0.25) is 4.79 Å². The zero-order valence-electron chi connectivity index (χ0n) is 17.5. The van der Waals surface area contributed by atoms with Crippen molar-refractivity contribution in [3.8, 4) is 16.9 Å². The molecule has 3 aromatic carbocycles. The summed E-state index contributed by atoms with van der Waals surface area (Å²) in [5, 5.41) is 14.2. The van der Waals surface area contributed by atoms with Crippen LogP contribution in [-0.2, 0) is 24.5 Å². The normalized spacial score (nSPS) is 10.8. The van der Waals surface area contributed by atoms with Gasteiger partial charge >= 0.3 is 0 Å². The molecule has 0 spiro atoms. The summed E-state index contributed by atoms with van der Waals surface area (Å²) in [4.78, 5) is 14.3. The van der Waals surface area contributed by atoms with E-state index >= 15 is 0 Å². The minimum atomic E-state index is 0.000777. The van der Waals surface area contributed by atoms with Gasteiger partial charge in [-0.05, 0) is 23.3 Å². The van der Waals surface area contributed by atoms with E-state index in [9.17, 15) is 9.90 Å². The van der Waals surface area contributed by atoms with E-state index in [0.717, 1.165) is 33.6 Å². The predicted octanol–water partition coefficient (Wildman–Crippen LogP) is 4.58. The molecule has 4 aromatic rings. The number of hydrogen-bond acceptors (Lipinski definition) is 3. The minimum Gasteiger partial charge on any atom is -0.392 e. The van der Waals surface area contributed by atoms with Crippen molar-refractivity contribution in [2.24, 2.45) is 0 Å². The fourth-order valence-electron chi connectivity index (χ4n) is 3.54. The van der Waals surface area contributed by atoms with E-state index in [1.54, 1.807) is 6.92 Å². The molecule has 0 aliphatic heterocycles. The maximum atomic E-state index is 12.4. The van der Waals surface area contributed by atoms with E-state index in [2.05, 4.69) is 0 Å². The van der Waals surface area contributed by atoms with Gasteiger partial charge in [-0.15, -0.1) is 0 Å². The van der Waals surface area contributed by atoms with Crippen LogP contribution in [-0.4, -0.2) is 25.7 Å². The number of nitrogens with zero attached hydrogens (tertiary/aromatic N) is 3. The number of aliphatic hydroxyl groups excluding tert-OH is 1. The van der Waals surface area contributed by atoms with Crippen molar-refractivity contribution in [2.45, 2.75) is 26.6 Å². The highest BCUT2D eigenvalue weighted by molar-refractivity contribution is 5.74. The monoisotopic (exact) mass is 411 g/mol. The van der Waals surface area contributed by atoms with Crippen molar-refractivity contribution >= 4 is 5.91 Å². The Hall–Kier alpha value is -3.70. The van der Waals surface area contributed by atoms with Crippen molar-refractivity contribution in [1.82, 2.24) is 14.7 Å². The Labute approximate surface area is 182 Å². The molecule has 5 nitrogen and oxygen atoms in total. The number of benzene rings is 3. The molecule has 5 heteroatoms. The van der Waals surface area contributed by atoms with Crippen molar-refractivity contribution in [1.29, 1.82) is 0 Å². The van der Waals surface area contributed by atoms with Crippen LogP contribution >= 0.6 is 0 Å². The van der Waals surface area contributed by atoms with Gasteiger partial charge in [-0.25, -0.2) is 4.68 Å². The van der Waals surface area contributed by atoms with Gasteiger partial charge in [0.25, 0.3) is 0 Å². The summed E-state index contributed by atoms with van der Waals surface area (Å²) in [6.07, 6.45) is 1.99. The van der Waals surface area contributed by atoms with Crippen LogP contribution in [0, 0.1) is 0 Å². The van der Waals surface area contributed by atoms with Gasteiger partial charge in [0, 0.05) is 37.3 Å². The molecule has 0 saturated carbocycles. The largest absolute Gasteiger partial charge is 0.392 e. The molecule has 1 heterocycles. The standard InChI is InChI=1S/C26H25N3O2/c1-20(31)28(16-21-8-4-2-5-9-21)17-24-18-29(25-10-6-3-7-11-25)27-26(24)23-14-12-22(19-30)13-15-23/h2-15,18,30H,16-17,19H2,1H3. The van der Waals surface area contributed by atoms with E-state index in [4.69, 9.17) is 5.10 Å². The number of carbonyl (C=O) groups is 1. The zero-order chi connectivity index (χ0) is 21.6. The SMILES string of the molecule is CC(=O)N(Cc1ccccc1)Cc1cn(-c2ccccc2)nc1-c1ccc(CO)cc1. The molecule has 1 amide bonds. The van der Waals surface area contributed by atoms with Crippen molar-refractivity contribution in [3.05, 3.63) is 108 Å². The second-order valence-electron chi connectivity index (χ2n) is 7.50. The van der Waals surface area contributed by atoms with Gasteiger partial charge in [0.15, 0.2) is 0 Å². The molecule has 156 valence electrons. The lowest BCUT2D eigenvalue weighted by atomic mass is 10.1. The summed E-state index contributed by atoms with van der Waals surface area (Å²) in [5.41, 5.74) is 5.63. The Bertz CT molecular complexity index is 1140. The zero-order valence-corrected chi connectivity index (χ0v) is 17.5. The molecular weight excluding hydrogens is 386 g/mol. The third-order valence-corrected chi connectivity index (χ3v) is 5.24. The number of aromatic nitrogens is 2. The first kappa shape index (κ1) is 20.6. The first-order valence-corrected chi connectivity index (χ1v) is 10.3. The average molecular weight is 412 g/mol. The fraction of sp³-hybridized carbons (Fsp3) is 0.154. The van der Waals surface area contributed by atoms with E-state index in [-0.39, 0.29) is 12.5 Å². The van der Waals surface area contributed by atoms with Crippen LogP contribution < -0.4 is 0 Å². The van der Waals surface area contributed by atoms with Gasteiger partial charge in [-0.1, -0.05) is 72.8 Å². The van der Waals surface area contributed by atoms with Gasteiger partial charge in [0.05, 0.1) is 18.0 Å². The van der Waals surface area contributed by atoms with Gasteiger partial charge in [-0.2, -0.15) is 5.10 Å². The number of carbonyl (C=O) groups excluding carboxylic acids is 1. The molecule has 0 radical (unpaired) electrons. The second kappa shape index (κ2) is 9.41. The Morgan fingerprint density at radius 2 is 1.52 bits per heavy atom. The van der Waals surface area contributed by atoms with Gasteiger partial charge < -0.3 is 10.0 Å². The summed E-state index contributed by atoms with van der Waals surface area (Å²) in [7, 11) is 0. The molecule has 0 aliphatic rings. The topological polar surface area (TPSA) is 58.4 Å². The van der Waals surface area contributed by atoms with Gasteiger partial charge in [0.2, 0.25) is 5.91 Å². The van der Waals surface area contributed by atoms with E-state index in [0.29, 0.717) is 13.1 Å². The number of amides is 1. The molecule has 0 saturated heterocycles. The van der Waals surface area contributed by atoms with Crippen LogP contribution in [0.5, 0.6) is 0 Å². The number of para-hydroxylation sites is 1.